The van der Waals surface area contributed by atoms with Gasteiger partial charge in [-0.3, -0.25) is 4.99 Å². The third-order valence-corrected chi connectivity index (χ3v) is 4.55. The first-order valence-electron chi connectivity index (χ1n) is 8.78. The number of nitrogens with one attached hydrogen (secondary N) is 2. The number of ether oxygens (including phenoxy) is 1. The van der Waals surface area contributed by atoms with E-state index in [2.05, 4.69) is 67.4 Å². The Bertz CT molecular complexity index is 568. The molecule has 134 valence electrons. The van der Waals surface area contributed by atoms with Crippen molar-refractivity contribution < 1.29 is 4.74 Å². The van der Waals surface area contributed by atoms with Crippen molar-refractivity contribution in [1.29, 1.82) is 0 Å². The summed E-state index contributed by atoms with van der Waals surface area (Å²) in [6.07, 6.45) is 0.899. The van der Waals surface area contributed by atoms with Crippen LogP contribution >= 0.6 is 0 Å². The first-order chi connectivity index (χ1) is 11.3. The zero-order chi connectivity index (χ0) is 17.7. The van der Waals surface area contributed by atoms with E-state index in [1.807, 2.05) is 19.2 Å². The number of fused-ring (bicyclic) bond motifs is 1. The lowest BCUT2D eigenvalue weighted by molar-refractivity contribution is 0.0694. The Morgan fingerprint density at radius 3 is 2.75 bits per heavy atom. The molecular weight excluding hydrogens is 300 g/mol. The van der Waals surface area contributed by atoms with Gasteiger partial charge in [0.2, 0.25) is 0 Å². The van der Waals surface area contributed by atoms with Crippen LogP contribution in [0.5, 0.6) is 5.75 Å². The molecule has 0 aliphatic carbocycles. The third kappa shape index (κ3) is 4.87. The highest BCUT2D eigenvalue weighted by atomic mass is 16.5. The molecule has 5 nitrogen and oxygen atoms in total. The maximum atomic E-state index is 6.10. The molecule has 1 aromatic carbocycles. The van der Waals surface area contributed by atoms with Crippen molar-refractivity contribution >= 4 is 5.96 Å². The highest BCUT2D eigenvalue weighted by Crippen LogP contribution is 2.39. The third-order valence-electron chi connectivity index (χ3n) is 4.55. The van der Waals surface area contributed by atoms with Gasteiger partial charge in [-0.1, -0.05) is 18.2 Å². The van der Waals surface area contributed by atoms with Crippen LogP contribution in [0, 0.1) is 0 Å². The van der Waals surface area contributed by atoms with Crippen molar-refractivity contribution in [3.8, 4) is 5.75 Å². The second-order valence-electron chi connectivity index (χ2n) is 7.37. The summed E-state index contributed by atoms with van der Waals surface area (Å²) in [4.78, 5) is 6.69. The van der Waals surface area contributed by atoms with Crippen LogP contribution in [0.15, 0.2) is 29.3 Å². The summed E-state index contributed by atoms with van der Waals surface area (Å²) < 4.78 is 6.10. The molecule has 1 aliphatic rings. The fourth-order valence-corrected chi connectivity index (χ4v) is 2.90. The summed E-state index contributed by atoms with van der Waals surface area (Å²) in [5, 5.41) is 6.98. The van der Waals surface area contributed by atoms with Crippen LogP contribution in [-0.2, 0) is 0 Å². The molecule has 5 heteroatoms. The van der Waals surface area contributed by atoms with Gasteiger partial charge in [0, 0.05) is 38.2 Å². The predicted molar refractivity (Wildman–Crippen MR) is 101 cm³/mol. The fourth-order valence-electron chi connectivity index (χ4n) is 2.90. The van der Waals surface area contributed by atoms with E-state index in [4.69, 9.17) is 4.74 Å². The number of guanidine groups is 1. The van der Waals surface area contributed by atoms with Crippen LogP contribution in [0.4, 0.5) is 0 Å². The highest BCUT2D eigenvalue weighted by molar-refractivity contribution is 5.80. The number of likely N-dealkylation sites (N-methyl/N-ethyl adjacent to an activating group) is 1. The summed E-state index contributed by atoms with van der Waals surface area (Å²) in [5.41, 5.74) is 1.00. The SMILES string of the molecule is CN=C(NCCN(C)C(C)C)NC1CC(C)(C)Oc2ccccc21. The average molecular weight is 332 g/mol. The molecule has 1 aromatic rings. The number of hydrogen-bond acceptors (Lipinski definition) is 3. The molecular formula is C19H32N4O. The lowest BCUT2D eigenvalue weighted by Crippen LogP contribution is -2.46. The van der Waals surface area contributed by atoms with E-state index in [9.17, 15) is 0 Å². The van der Waals surface area contributed by atoms with Gasteiger partial charge in [0.1, 0.15) is 11.4 Å². The van der Waals surface area contributed by atoms with Gasteiger partial charge < -0.3 is 20.3 Å². The first-order valence-corrected chi connectivity index (χ1v) is 8.78. The van der Waals surface area contributed by atoms with Crippen molar-refractivity contribution in [2.45, 2.75) is 51.8 Å². The van der Waals surface area contributed by atoms with Gasteiger partial charge in [-0.05, 0) is 40.8 Å². The van der Waals surface area contributed by atoms with Gasteiger partial charge >= 0.3 is 0 Å². The largest absolute Gasteiger partial charge is 0.487 e. The van der Waals surface area contributed by atoms with Crippen LogP contribution in [0.1, 0.15) is 45.7 Å². The standard InChI is InChI=1S/C19H32N4O/c1-14(2)23(6)12-11-21-18(20-5)22-16-13-19(3,4)24-17-10-8-7-9-15(16)17/h7-10,14,16H,11-13H2,1-6H3,(H2,20,21,22). The minimum atomic E-state index is -0.192. The molecule has 1 atom stereocenters. The molecule has 0 saturated heterocycles. The predicted octanol–water partition coefficient (Wildman–Crippen LogP) is 2.79. The number of nitrogens with zero attached hydrogens (tertiary/aromatic N) is 2. The Balaban J connectivity index is 2.00. The molecule has 2 N–H and O–H groups in total. The van der Waals surface area contributed by atoms with Gasteiger partial charge in [-0.15, -0.1) is 0 Å². The smallest absolute Gasteiger partial charge is 0.191 e. The molecule has 2 rings (SSSR count). The van der Waals surface area contributed by atoms with Crippen LogP contribution < -0.4 is 15.4 Å². The van der Waals surface area contributed by atoms with Crippen molar-refractivity contribution in [2.24, 2.45) is 4.99 Å². The van der Waals surface area contributed by atoms with Crippen molar-refractivity contribution in [3.63, 3.8) is 0 Å². The minimum absolute atomic E-state index is 0.192. The van der Waals surface area contributed by atoms with Crippen LogP contribution in [0.3, 0.4) is 0 Å². The van der Waals surface area contributed by atoms with Crippen molar-refractivity contribution in [1.82, 2.24) is 15.5 Å². The monoisotopic (exact) mass is 332 g/mol. The molecule has 0 fully saturated rings. The molecule has 0 spiro atoms. The Labute approximate surface area is 146 Å². The van der Waals surface area contributed by atoms with E-state index in [-0.39, 0.29) is 11.6 Å². The van der Waals surface area contributed by atoms with Gasteiger partial charge in [-0.25, -0.2) is 0 Å². The first kappa shape index (κ1) is 18.6. The van der Waals surface area contributed by atoms with Gasteiger partial charge in [-0.2, -0.15) is 0 Å². The zero-order valence-corrected chi connectivity index (χ0v) is 15.9. The number of hydrogen-bond donors (Lipinski definition) is 2. The number of benzene rings is 1. The molecule has 0 aromatic heterocycles. The highest BCUT2D eigenvalue weighted by Gasteiger charge is 2.33. The second-order valence-corrected chi connectivity index (χ2v) is 7.37. The van der Waals surface area contributed by atoms with E-state index in [1.54, 1.807) is 0 Å². The summed E-state index contributed by atoms with van der Waals surface area (Å²) in [5.74, 6) is 1.80. The summed E-state index contributed by atoms with van der Waals surface area (Å²) in [6.45, 7) is 10.5. The lowest BCUT2D eigenvalue weighted by atomic mass is 9.90. The van der Waals surface area contributed by atoms with E-state index in [1.165, 1.54) is 5.56 Å². The Morgan fingerprint density at radius 1 is 1.38 bits per heavy atom. The molecule has 1 aliphatic heterocycles. The normalized spacial score (nSPS) is 19.8. The Hall–Kier alpha value is -1.75. The molecule has 0 radical (unpaired) electrons. The van der Waals surface area contributed by atoms with Crippen LogP contribution in [-0.4, -0.2) is 49.7 Å². The van der Waals surface area contributed by atoms with E-state index >= 15 is 0 Å². The number of para-hydroxylation sites is 1. The molecule has 0 saturated carbocycles. The van der Waals surface area contributed by atoms with Gasteiger partial charge in [0.25, 0.3) is 0 Å². The quantitative estimate of drug-likeness (QED) is 0.643. The van der Waals surface area contributed by atoms with Crippen molar-refractivity contribution in [2.75, 3.05) is 27.2 Å². The Morgan fingerprint density at radius 2 is 2.08 bits per heavy atom. The lowest BCUT2D eigenvalue weighted by Gasteiger charge is -2.38. The Kier molecular flexibility index (Phi) is 6.10. The molecule has 24 heavy (non-hydrogen) atoms. The number of rotatable bonds is 5. The van der Waals surface area contributed by atoms with E-state index in [0.29, 0.717) is 6.04 Å². The summed E-state index contributed by atoms with van der Waals surface area (Å²) in [6, 6.07) is 8.99. The molecule has 1 unspecified atom stereocenters. The van der Waals surface area contributed by atoms with Gasteiger partial charge in [0.05, 0.1) is 6.04 Å². The molecule has 0 amide bonds. The maximum Gasteiger partial charge on any atom is 0.191 e. The van der Waals surface area contributed by atoms with E-state index in [0.717, 1.165) is 31.2 Å². The molecule has 0 bridgehead atoms. The average Bonchev–Trinajstić information content (AvgIpc) is 2.52. The molecule has 1 heterocycles. The van der Waals surface area contributed by atoms with Gasteiger partial charge in [0.15, 0.2) is 5.96 Å². The van der Waals surface area contributed by atoms with Crippen LogP contribution in [0.25, 0.3) is 0 Å². The number of aliphatic imine (C=N–C) groups is 1. The second kappa shape index (κ2) is 7.88. The zero-order valence-electron chi connectivity index (χ0n) is 15.9. The fraction of sp³-hybridized carbons (Fsp3) is 0.632. The summed E-state index contributed by atoms with van der Waals surface area (Å²) >= 11 is 0. The minimum Gasteiger partial charge on any atom is -0.487 e. The van der Waals surface area contributed by atoms with Crippen LogP contribution in [0.2, 0.25) is 0 Å². The van der Waals surface area contributed by atoms with Crippen molar-refractivity contribution in [3.05, 3.63) is 29.8 Å². The maximum absolute atomic E-state index is 6.10. The van der Waals surface area contributed by atoms with E-state index < -0.39 is 0 Å². The summed E-state index contributed by atoms with van der Waals surface area (Å²) in [7, 11) is 3.96. The topological polar surface area (TPSA) is 48.9 Å².